The number of aromatic nitrogens is 2. The first-order valence-electron chi connectivity index (χ1n) is 7.14. The number of rotatable bonds is 5. The highest BCUT2D eigenvalue weighted by molar-refractivity contribution is 5.43. The van der Waals surface area contributed by atoms with Crippen molar-refractivity contribution >= 4 is 11.8 Å². The first-order valence-corrected chi connectivity index (χ1v) is 7.14. The normalized spacial score (nSPS) is 17.6. The first kappa shape index (κ1) is 13.1. The molecule has 1 saturated heterocycles. The molecule has 0 saturated carbocycles. The number of piperidine rings is 1. The van der Waals surface area contributed by atoms with Crippen LogP contribution in [0.15, 0.2) is 12.3 Å². The molecule has 1 aromatic heterocycles. The molecule has 1 unspecified atom stereocenters. The van der Waals surface area contributed by atoms with E-state index in [1.165, 1.54) is 25.7 Å². The SMILES string of the molecule is CCCC(C)Nc1nccc(N2CCCCC2)n1. The van der Waals surface area contributed by atoms with Crippen LogP contribution in [-0.4, -0.2) is 29.1 Å². The zero-order chi connectivity index (χ0) is 12.8. The first-order chi connectivity index (χ1) is 8.79. The molecule has 1 fully saturated rings. The summed E-state index contributed by atoms with van der Waals surface area (Å²) in [5.41, 5.74) is 0. The predicted octanol–water partition coefficient (Wildman–Crippen LogP) is 3.07. The smallest absolute Gasteiger partial charge is 0.224 e. The van der Waals surface area contributed by atoms with E-state index >= 15 is 0 Å². The minimum Gasteiger partial charge on any atom is -0.356 e. The quantitative estimate of drug-likeness (QED) is 0.869. The van der Waals surface area contributed by atoms with Crippen LogP contribution in [0.2, 0.25) is 0 Å². The van der Waals surface area contributed by atoms with Crippen molar-refractivity contribution < 1.29 is 0 Å². The molecule has 0 spiro atoms. The second kappa shape index (κ2) is 6.57. The molecule has 2 rings (SSSR count). The van der Waals surface area contributed by atoms with Crippen molar-refractivity contribution in [1.82, 2.24) is 9.97 Å². The summed E-state index contributed by atoms with van der Waals surface area (Å²) in [6.07, 6.45) is 8.09. The molecule has 0 amide bonds. The number of nitrogens with zero attached hydrogens (tertiary/aromatic N) is 3. The largest absolute Gasteiger partial charge is 0.356 e. The molecule has 4 nitrogen and oxygen atoms in total. The van der Waals surface area contributed by atoms with Gasteiger partial charge < -0.3 is 10.2 Å². The lowest BCUT2D eigenvalue weighted by molar-refractivity contribution is 0.573. The van der Waals surface area contributed by atoms with Crippen LogP contribution in [0.25, 0.3) is 0 Å². The Hall–Kier alpha value is -1.32. The molecule has 0 aliphatic carbocycles. The second-order valence-electron chi connectivity index (χ2n) is 5.12. The molecule has 1 N–H and O–H groups in total. The lowest BCUT2D eigenvalue weighted by atomic mass is 10.1. The van der Waals surface area contributed by atoms with Crippen LogP contribution in [0, 0.1) is 0 Å². The molecule has 0 radical (unpaired) electrons. The van der Waals surface area contributed by atoms with Crippen molar-refractivity contribution in [1.29, 1.82) is 0 Å². The second-order valence-corrected chi connectivity index (χ2v) is 5.12. The molecule has 1 aliphatic heterocycles. The van der Waals surface area contributed by atoms with Gasteiger partial charge in [0.2, 0.25) is 5.95 Å². The summed E-state index contributed by atoms with van der Waals surface area (Å²) < 4.78 is 0. The van der Waals surface area contributed by atoms with Gasteiger partial charge in [-0.25, -0.2) is 4.98 Å². The van der Waals surface area contributed by atoms with Crippen LogP contribution in [0.4, 0.5) is 11.8 Å². The van der Waals surface area contributed by atoms with Crippen molar-refractivity contribution in [2.75, 3.05) is 23.3 Å². The van der Waals surface area contributed by atoms with Gasteiger partial charge in [-0.3, -0.25) is 0 Å². The van der Waals surface area contributed by atoms with E-state index in [-0.39, 0.29) is 0 Å². The Morgan fingerprint density at radius 3 is 2.83 bits per heavy atom. The van der Waals surface area contributed by atoms with Gasteiger partial charge in [-0.1, -0.05) is 13.3 Å². The monoisotopic (exact) mass is 248 g/mol. The minimum absolute atomic E-state index is 0.437. The highest BCUT2D eigenvalue weighted by Gasteiger charge is 2.13. The lowest BCUT2D eigenvalue weighted by Crippen LogP contribution is -2.30. The van der Waals surface area contributed by atoms with Crippen molar-refractivity contribution in [2.45, 2.75) is 52.0 Å². The van der Waals surface area contributed by atoms with Crippen molar-refractivity contribution in [2.24, 2.45) is 0 Å². The number of hydrogen-bond donors (Lipinski definition) is 1. The van der Waals surface area contributed by atoms with Gasteiger partial charge in [0.1, 0.15) is 5.82 Å². The number of nitrogens with one attached hydrogen (secondary N) is 1. The summed E-state index contributed by atoms with van der Waals surface area (Å²) in [4.78, 5) is 11.3. The zero-order valence-electron chi connectivity index (χ0n) is 11.5. The van der Waals surface area contributed by atoms with Crippen LogP contribution < -0.4 is 10.2 Å². The van der Waals surface area contributed by atoms with Crippen molar-refractivity contribution in [3.63, 3.8) is 0 Å². The summed E-state index contributed by atoms with van der Waals surface area (Å²) in [5.74, 6) is 1.83. The molecule has 100 valence electrons. The molecule has 18 heavy (non-hydrogen) atoms. The van der Waals surface area contributed by atoms with E-state index in [0.29, 0.717) is 6.04 Å². The highest BCUT2D eigenvalue weighted by atomic mass is 15.2. The molecule has 1 aromatic rings. The van der Waals surface area contributed by atoms with Crippen LogP contribution >= 0.6 is 0 Å². The highest BCUT2D eigenvalue weighted by Crippen LogP contribution is 2.18. The fraction of sp³-hybridized carbons (Fsp3) is 0.714. The average molecular weight is 248 g/mol. The molecule has 0 bridgehead atoms. The van der Waals surface area contributed by atoms with Crippen LogP contribution in [0.3, 0.4) is 0 Å². The van der Waals surface area contributed by atoms with Gasteiger partial charge in [-0.2, -0.15) is 4.98 Å². The van der Waals surface area contributed by atoms with E-state index in [2.05, 4.69) is 34.0 Å². The molecule has 1 atom stereocenters. The van der Waals surface area contributed by atoms with E-state index in [1.807, 2.05) is 12.3 Å². The van der Waals surface area contributed by atoms with Gasteiger partial charge in [0, 0.05) is 25.3 Å². The van der Waals surface area contributed by atoms with E-state index in [0.717, 1.165) is 31.3 Å². The van der Waals surface area contributed by atoms with Gasteiger partial charge in [0.25, 0.3) is 0 Å². The predicted molar refractivity (Wildman–Crippen MR) is 76.1 cm³/mol. The summed E-state index contributed by atoms with van der Waals surface area (Å²) >= 11 is 0. The summed E-state index contributed by atoms with van der Waals surface area (Å²) in [7, 11) is 0. The molecular weight excluding hydrogens is 224 g/mol. The number of hydrogen-bond acceptors (Lipinski definition) is 4. The van der Waals surface area contributed by atoms with Gasteiger partial charge in [-0.15, -0.1) is 0 Å². The molecular formula is C14H24N4. The van der Waals surface area contributed by atoms with Crippen LogP contribution in [0.5, 0.6) is 0 Å². The Morgan fingerprint density at radius 2 is 2.11 bits per heavy atom. The molecule has 0 aromatic carbocycles. The fourth-order valence-electron chi connectivity index (χ4n) is 2.44. The Morgan fingerprint density at radius 1 is 1.33 bits per heavy atom. The Balaban J connectivity index is 2.00. The van der Waals surface area contributed by atoms with E-state index < -0.39 is 0 Å². The third-order valence-corrected chi connectivity index (χ3v) is 3.42. The van der Waals surface area contributed by atoms with Crippen LogP contribution in [-0.2, 0) is 0 Å². The van der Waals surface area contributed by atoms with E-state index in [9.17, 15) is 0 Å². The molecule has 1 aliphatic rings. The van der Waals surface area contributed by atoms with Crippen molar-refractivity contribution in [3.8, 4) is 0 Å². The third kappa shape index (κ3) is 3.59. The number of anilines is 2. The lowest BCUT2D eigenvalue weighted by Gasteiger charge is -2.27. The summed E-state index contributed by atoms with van der Waals surface area (Å²) in [5, 5.41) is 3.37. The fourth-order valence-corrected chi connectivity index (χ4v) is 2.44. The van der Waals surface area contributed by atoms with E-state index in [4.69, 9.17) is 0 Å². The summed E-state index contributed by atoms with van der Waals surface area (Å²) in [6, 6.07) is 2.45. The average Bonchev–Trinajstić information content (AvgIpc) is 2.40. The zero-order valence-corrected chi connectivity index (χ0v) is 11.5. The maximum atomic E-state index is 4.62. The topological polar surface area (TPSA) is 41.1 Å². The Kier molecular flexibility index (Phi) is 4.79. The standard InChI is InChI=1S/C14H24N4/c1-3-7-12(2)16-14-15-9-8-13(17-14)18-10-5-4-6-11-18/h8-9,12H,3-7,10-11H2,1-2H3,(H,15,16,17). The molecule has 2 heterocycles. The summed E-state index contributed by atoms with van der Waals surface area (Å²) in [6.45, 7) is 6.63. The van der Waals surface area contributed by atoms with Gasteiger partial charge in [0.05, 0.1) is 0 Å². The molecule has 4 heteroatoms. The maximum absolute atomic E-state index is 4.62. The van der Waals surface area contributed by atoms with Crippen molar-refractivity contribution in [3.05, 3.63) is 12.3 Å². The van der Waals surface area contributed by atoms with Gasteiger partial charge >= 0.3 is 0 Å². The Bertz CT molecular complexity index is 361. The van der Waals surface area contributed by atoms with E-state index in [1.54, 1.807) is 0 Å². The van der Waals surface area contributed by atoms with Gasteiger partial charge in [0.15, 0.2) is 0 Å². The third-order valence-electron chi connectivity index (χ3n) is 3.42. The van der Waals surface area contributed by atoms with Gasteiger partial charge in [-0.05, 0) is 38.7 Å². The minimum atomic E-state index is 0.437. The van der Waals surface area contributed by atoms with Crippen LogP contribution in [0.1, 0.15) is 46.0 Å². The Labute approximate surface area is 110 Å². The maximum Gasteiger partial charge on any atom is 0.224 e.